The summed E-state index contributed by atoms with van der Waals surface area (Å²) in [5, 5.41) is 0. The number of benzene rings is 3. The van der Waals surface area contributed by atoms with Crippen LogP contribution in [0.25, 0.3) is 0 Å². The van der Waals surface area contributed by atoms with Gasteiger partial charge in [0.2, 0.25) is 0 Å². The molecule has 0 N–H and O–H groups in total. The maximum Gasteiger partial charge on any atom is 0.339 e. The van der Waals surface area contributed by atoms with Crippen LogP contribution in [0.5, 0.6) is 0 Å². The Morgan fingerprint density at radius 2 is 1.19 bits per heavy atom. The minimum absolute atomic E-state index is 0.00970. The molecule has 0 aliphatic rings. The van der Waals surface area contributed by atoms with Crippen molar-refractivity contribution in [3.05, 3.63) is 119 Å². The van der Waals surface area contributed by atoms with Crippen molar-refractivity contribution in [2.75, 3.05) is 6.61 Å². The largest absolute Gasteiger partial charge is 0.458 e. The van der Waals surface area contributed by atoms with Crippen LogP contribution in [0.1, 0.15) is 42.2 Å². The third-order valence-electron chi connectivity index (χ3n) is 4.45. The van der Waals surface area contributed by atoms with Crippen molar-refractivity contribution in [1.82, 2.24) is 0 Å². The summed E-state index contributed by atoms with van der Waals surface area (Å²) in [5.74, 6) is -2.10. The van der Waals surface area contributed by atoms with Gasteiger partial charge in [0, 0.05) is 0 Å². The summed E-state index contributed by atoms with van der Waals surface area (Å²) in [6.45, 7) is 3.58. The summed E-state index contributed by atoms with van der Waals surface area (Å²) in [5.41, 5.74) is 1.64. The summed E-state index contributed by atoms with van der Waals surface area (Å²) in [4.78, 5) is 37.7. The molecule has 0 heterocycles. The fourth-order valence-electron chi connectivity index (χ4n) is 2.84. The predicted molar refractivity (Wildman–Crippen MR) is 118 cm³/mol. The quantitative estimate of drug-likeness (QED) is 0.277. The van der Waals surface area contributed by atoms with E-state index in [0.717, 1.165) is 11.1 Å². The van der Waals surface area contributed by atoms with Crippen molar-refractivity contribution in [1.29, 1.82) is 0 Å². The van der Waals surface area contributed by atoms with E-state index in [1.807, 2.05) is 60.7 Å². The highest BCUT2D eigenvalue weighted by molar-refractivity contribution is 6.05. The van der Waals surface area contributed by atoms with Gasteiger partial charge < -0.3 is 14.2 Å². The lowest BCUT2D eigenvalue weighted by molar-refractivity contribution is 0.0447. The molecule has 0 fully saturated rings. The first-order valence-corrected chi connectivity index (χ1v) is 9.92. The first kappa shape index (κ1) is 22.5. The summed E-state index contributed by atoms with van der Waals surface area (Å²) in [6.07, 6.45) is 1.42. The Kier molecular flexibility index (Phi) is 7.92. The Hall–Kier alpha value is -4.19. The van der Waals surface area contributed by atoms with Crippen LogP contribution in [-0.4, -0.2) is 24.5 Å². The molecule has 0 saturated carbocycles. The molecule has 0 atom stereocenters. The molecular weight excluding hydrogens is 408 g/mol. The van der Waals surface area contributed by atoms with Gasteiger partial charge in [-0.2, -0.15) is 0 Å². The van der Waals surface area contributed by atoms with E-state index in [9.17, 15) is 14.4 Å². The monoisotopic (exact) mass is 430 g/mol. The summed E-state index contributed by atoms with van der Waals surface area (Å²) in [6, 6.07) is 22.4. The fraction of sp³-hybridized carbons (Fsp3) is 0.115. The molecule has 3 aromatic carbocycles. The highest BCUT2D eigenvalue weighted by Gasteiger charge is 2.22. The van der Waals surface area contributed by atoms with Gasteiger partial charge in [-0.15, -0.1) is 0 Å². The van der Waals surface area contributed by atoms with Crippen molar-refractivity contribution in [2.45, 2.75) is 13.2 Å². The molecule has 0 saturated heterocycles. The van der Waals surface area contributed by atoms with Crippen molar-refractivity contribution >= 4 is 17.9 Å². The van der Waals surface area contributed by atoms with Crippen LogP contribution in [0.3, 0.4) is 0 Å². The van der Waals surface area contributed by atoms with Gasteiger partial charge in [-0.05, 0) is 29.3 Å². The van der Waals surface area contributed by atoms with Crippen molar-refractivity contribution < 1.29 is 28.6 Å². The summed E-state index contributed by atoms with van der Waals surface area (Å²) >= 11 is 0. The second-order valence-corrected chi connectivity index (χ2v) is 6.77. The fourth-order valence-corrected chi connectivity index (χ4v) is 2.84. The van der Waals surface area contributed by atoms with E-state index in [1.54, 1.807) is 0 Å². The van der Waals surface area contributed by atoms with Gasteiger partial charge in [0.05, 0.1) is 16.7 Å². The van der Waals surface area contributed by atoms with Gasteiger partial charge >= 0.3 is 17.9 Å². The van der Waals surface area contributed by atoms with E-state index in [4.69, 9.17) is 14.2 Å². The average molecular weight is 430 g/mol. The van der Waals surface area contributed by atoms with Crippen LogP contribution in [0.2, 0.25) is 0 Å². The predicted octanol–water partition coefficient (Wildman–Crippen LogP) is 4.74. The minimum Gasteiger partial charge on any atom is -0.458 e. The van der Waals surface area contributed by atoms with Crippen molar-refractivity contribution in [3.8, 4) is 0 Å². The van der Waals surface area contributed by atoms with E-state index in [0.29, 0.717) is 0 Å². The Morgan fingerprint density at radius 3 is 1.75 bits per heavy atom. The number of hydrogen-bond donors (Lipinski definition) is 0. The first-order chi connectivity index (χ1) is 15.6. The number of esters is 3. The van der Waals surface area contributed by atoms with E-state index >= 15 is 0 Å². The van der Waals surface area contributed by atoms with Crippen LogP contribution >= 0.6 is 0 Å². The molecule has 0 radical (unpaired) electrons. The summed E-state index contributed by atoms with van der Waals surface area (Å²) < 4.78 is 15.7. The van der Waals surface area contributed by atoms with Gasteiger partial charge in [0.1, 0.15) is 19.8 Å². The molecule has 0 aliphatic heterocycles. The number of hydrogen-bond acceptors (Lipinski definition) is 6. The van der Waals surface area contributed by atoms with E-state index in [1.165, 1.54) is 24.3 Å². The Bertz CT molecular complexity index is 1090. The Labute approximate surface area is 186 Å². The van der Waals surface area contributed by atoms with Crippen LogP contribution in [0, 0.1) is 0 Å². The first-order valence-electron chi connectivity index (χ1n) is 9.92. The van der Waals surface area contributed by atoms with Crippen LogP contribution in [0.4, 0.5) is 0 Å². The average Bonchev–Trinajstić information content (AvgIpc) is 2.85. The molecule has 32 heavy (non-hydrogen) atoms. The normalized spacial score (nSPS) is 10.1. The zero-order valence-electron chi connectivity index (χ0n) is 17.4. The maximum atomic E-state index is 12.8. The molecule has 3 rings (SSSR count). The van der Waals surface area contributed by atoms with Gasteiger partial charge in [-0.3, -0.25) is 0 Å². The van der Waals surface area contributed by atoms with Crippen molar-refractivity contribution in [3.63, 3.8) is 0 Å². The second kappa shape index (κ2) is 11.3. The van der Waals surface area contributed by atoms with E-state index < -0.39 is 17.9 Å². The van der Waals surface area contributed by atoms with Gasteiger partial charge in [-0.25, -0.2) is 14.4 Å². The topological polar surface area (TPSA) is 78.9 Å². The highest BCUT2D eigenvalue weighted by atomic mass is 16.5. The van der Waals surface area contributed by atoms with Crippen molar-refractivity contribution in [2.24, 2.45) is 0 Å². The lowest BCUT2D eigenvalue weighted by Gasteiger charge is -2.11. The number of ether oxygens (including phenoxy) is 3. The molecule has 0 amide bonds. The third-order valence-corrected chi connectivity index (χ3v) is 4.45. The molecule has 162 valence electrons. The second-order valence-electron chi connectivity index (χ2n) is 6.77. The number of rotatable bonds is 9. The number of carbonyl (C=O) groups excluding carboxylic acids is 3. The zero-order valence-corrected chi connectivity index (χ0v) is 17.4. The molecule has 6 nitrogen and oxygen atoms in total. The van der Waals surface area contributed by atoms with E-state index in [-0.39, 0.29) is 36.5 Å². The lowest BCUT2D eigenvalue weighted by atomic mass is 10.0. The molecule has 0 bridgehead atoms. The smallest absolute Gasteiger partial charge is 0.339 e. The zero-order chi connectivity index (χ0) is 22.8. The third kappa shape index (κ3) is 6.15. The maximum absolute atomic E-state index is 12.8. The SMILES string of the molecule is C=CCOC(=O)c1ccc(C(=O)OCc2ccccc2)cc1C(=O)OCc1ccccc1. The number of carbonyl (C=O) groups is 3. The molecule has 0 aromatic heterocycles. The van der Waals surface area contributed by atoms with Crippen LogP contribution in [-0.2, 0) is 27.4 Å². The molecular formula is C26H22O6. The highest BCUT2D eigenvalue weighted by Crippen LogP contribution is 2.18. The minimum atomic E-state index is -0.753. The molecule has 6 heteroatoms. The van der Waals surface area contributed by atoms with Gasteiger partial charge in [-0.1, -0.05) is 73.3 Å². The standard InChI is InChI=1S/C26H22O6/c1-2-15-30-25(28)22-14-13-21(24(27)31-17-19-9-5-3-6-10-19)16-23(22)26(29)32-18-20-11-7-4-8-12-20/h2-14,16H,1,15,17-18H2. The lowest BCUT2D eigenvalue weighted by Crippen LogP contribution is -2.16. The van der Waals surface area contributed by atoms with Gasteiger partial charge in [0.15, 0.2) is 0 Å². The molecule has 0 unspecified atom stereocenters. The molecule has 0 aliphatic carbocycles. The molecule has 0 spiro atoms. The van der Waals surface area contributed by atoms with Crippen LogP contribution in [0.15, 0.2) is 91.5 Å². The van der Waals surface area contributed by atoms with E-state index in [2.05, 4.69) is 6.58 Å². The van der Waals surface area contributed by atoms with Gasteiger partial charge in [0.25, 0.3) is 0 Å². The Morgan fingerprint density at radius 1 is 0.656 bits per heavy atom. The van der Waals surface area contributed by atoms with Crippen LogP contribution < -0.4 is 0 Å². The summed E-state index contributed by atoms with van der Waals surface area (Å²) in [7, 11) is 0. The Balaban J connectivity index is 1.79. The molecule has 3 aromatic rings.